The van der Waals surface area contributed by atoms with Crippen molar-refractivity contribution in [2.45, 2.75) is 38.1 Å². The van der Waals surface area contributed by atoms with Crippen molar-refractivity contribution >= 4 is 0 Å². The molecule has 0 radical (unpaired) electrons. The Labute approximate surface area is 113 Å². The number of aryl methyl sites for hydroxylation is 1. The molecule has 3 atom stereocenters. The molecule has 0 saturated heterocycles. The zero-order chi connectivity index (χ0) is 13.2. The van der Waals surface area contributed by atoms with Crippen molar-refractivity contribution in [3.8, 4) is 0 Å². The Hall–Kier alpha value is -1.68. The third-order valence-corrected chi connectivity index (χ3v) is 3.82. The summed E-state index contributed by atoms with van der Waals surface area (Å²) >= 11 is 0. The van der Waals surface area contributed by atoms with E-state index >= 15 is 0 Å². The summed E-state index contributed by atoms with van der Waals surface area (Å²) in [5.74, 6) is 2.80. The fraction of sp³-hybridized carbons (Fsp3) is 0.467. The summed E-state index contributed by atoms with van der Waals surface area (Å²) in [5, 5.41) is 4.05. The van der Waals surface area contributed by atoms with Crippen molar-refractivity contribution < 1.29 is 4.52 Å². The van der Waals surface area contributed by atoms with Gasteiger partial charge in [-0.3, -0.25) is 0 Å². The molecule has 1 aliphatic rings. The molecule has 3 rings (SSSR count). The van der Waals surface area contributed by atoms with Crippen molar-refractivity contribution in [3.05, 3.63) is 47.6 Å². The van der Waals surface area contributed by atoms with Crippen LogP contribution in [-0.4, -0.2) is 10.1 Å². The fourth-order valence-electron chi connectivity index (χ4n) is 2.35. The van der Waals surface area contributed by atoms with Crippen LogP contribution in [0.25, 0.3) is 0 Å². The van der Waals surface area contributed by atoms with E-state index in [0.717, 1.165) is 24.2 Å². The maximum atomic E-state index is 6.15. The molecule has 1 aliphatic carbocycles. The maximum Gasteiger partial charge on any atom is 0.226 e. The summed E-state index contributed by atoms with van der Waals surface area (Å²) < 4.78 is 5.28. The zero-order valence-corrected chi connectivity index (χ0v) is 11.1. The van der Waals surface area contributed by atoms with Gasteiger partial charge in [0.15, 0.2) is 5.82 Å². The van der Waals surface area contributed by atoms with Crippen molar-refractivity contribution in [3.63, 3.8) is 0 Å². The van der Waals surface area contributed by atoms with Gasteiger partial charge in [-0.25, -0.2) is 0 Å². The number of hydrogen-bond donors (Lipinski definition) is 1. The van der Waals surface area contributed by atoms with Crippen LogP contribution in [0.2, 0.25) is 0 Å². The Bertz CT molecular complexity index is 537. The second-order valence-electron chi connectivity index (χ2n) is 5.42. The minimum absolute atomic E-state index is 0.0244. The van der Waals surface area contributed by atoms with Gasteiger partial charge in [0.05, 0.1) is 0 Å². The van der Waals surface area contributed by atoms with Gasteiger partial charge in [0.2, 0.25) is 5.89 Å². The SMILES string of the molecule is CC1CC1c1noc(CCC(N)c2ccccc2)n1. The van der Waals surface area contributed by atoms with Crippen molar-refractivity contribution in [2.75, 3.05) is 0 Å². The first-order valence-electron chi connectivity index (χ1n) is 6.87. The Morgan fingerprint density at radius 3 is 2.79 bits per heavy atom. The number of benzene rings is 1. The van der Waals surface area contributed by atoms with Crippen LogP contribution in [0.5, 0.6) is 0 Å². The van der Waals surface area contributed by atoms with Crippen molar-refractivity contribution in [2.24, 2.45) is 11.7 Å². The number of nitrogens with zero attached hydrogens (tertiary/aromatic N) is 2. The first-order chi connectivity index (χ1) is 9.24. The molecule has 4 heteroatoms. The highest BCUT2D eigenvalue weighted by atomic mass is 16.5. The average Bonchev–Trinajstić information content (AvgIpc) is 3.00. The van der Waals surface area contributed by atoms with E-state index < -0.39 is 0 Å². The monoisotopic (exact) mass is 257 g/mol. The van der Waals surface area contributed by atoms with Crippen LogP contribution in [-0.2, 0) is 6.42 Å². The molecule has 0 spiro atoms. The van der Waals surface area contributed by atoms with Crippen LogP contribution >= 0.6 is 0 Å². The van der Waals surface area contributed by atoms with Gasteiger partial charge in [-0.2, -0.15) is 4.98 Å². The minimum atomic E-state index is 0.0244. The Morgan fingerprint density at radius 2 is 2.11 bits per heavy atom. The molecule has 2 aromatic rings. The van der Waals surface area contributed by atoms with Crippen LogP contribution in [0.15, 0.2) is 34.9 Å². The summed E-state index contributed by atoms with van der Waals surface area (Å²) in [5.41, 5.74) is 7.30. The van der Waals surface area contributed by atoms with Crippen LogP contribution in [0.4, 0.5) is 0 Å². The van der Waals surface area contributed by atoms with Crippen molar-refractivity contribution in [1.82, 2.24) is 10.1 Å². The fourth-order valence-corrected chi connectivity index (χ4v) is 2.35. The second-order valence-corrected chi connectivity index (χ2v) is 5.42. The molecule has 2 N–H and O–H groups in total. The lowest BCUT2D eigenvalue weighted by Gasteiger charge is -2.09. The van der Waals surface area contributed by atoms with Gasteiger partial charge < -0.3 is 10.3 Å². The van der Waals surface area contributed by atoms with Crippen LogP contribution in [0.3, 0.4) is 0 Å². The Morgan fingerprint density at radius 1 is 1.37 bits per heavy atom. The molecule has 1 aromatic heterocycles. The van der Waals surface area contributed by atoms with E-state index in [4.69, 9.17) is 10.3 Å². The minimum Gasteiger partial charge on any atom is -0.339 e. The molecule has 1 aromatic carbocycles. The highest BCUT2D eigenvalue weighted by molar-refractivity contribution is 5.18. The lowest BCUT2D eigenvalue weighted by molar-refractivity contribution is 0.366. The molecule has 3 unspecified atom stereocenters. The molecule has 1 fully saturated rings. The van der Waals surface area contributed by atoms with Gasteiger partial charge in [0.1, 0.15) is 0 Å². The average molecular weight is 257 g/mol. The van der Waals surface area contributed by atoms with Gasteiger partial charge >= 0.3 is 0 Å². The smallest absolute Gasteiger partial charge is 0.226 e. The van der Waals surface area contributed by atoms with E-state index in [1.807, 2.05) is 18.2 Å². The largest absolute Gasteiger partial charge is 0.339 e. The molecule has 19 heavy (non-hydrogen) atoms. The van der Waals surface area contributed by atoms with E-state index in [1.165, 1.54) is 6.42 Å². The van der Waals surface area contributed by atoms with E-state index in [0.29, 0.717) is 17.7 Å². The number of rotatable bonds is 5. The Balaban J connectivity index is 1.56. The topological polar surface area (TPSA) is 64.9 Å². The molecule has 0 bridgehead atoms. The molecule has 4 nitrogen and oxygen atoms in total. The van der Waals surface area contributed by atoms with Gasteiger partial charge in [-0.15, -0.1) is 0 Å². The molecule has 0 amide bonds. The van der Waals surface area contributed by atoms with E-state index in [1.54, 1.807) is 0 Å². The number of nitrogens with two attached hydrogens (primary N) is 1. The first kappa shape index (κ1) is 12.4. The van der Waals surface area contributed by atoms with E-state index in [9.17, 15) is 0 Å². The quantitative estimate of drug-likeness (QED) is 0.894. The third kappa shape index (κ3) is 2.84. The van der Waals surface area contributed by atoms with Gasteiger partial charge in [0, 0.05) is 18.4 Å². The maximum absolute atomic E-state index is 6.15. The molecule has 100 valence electrons. The molecular weight excluding hydrogens is 238 g/mol. The summed E-state index contributed by atoms with van der Waals surface area (Å²) in [6.07, 6.45) is 2.75. The number of hydrogen-bond acceptors (Lipinski definition) is 4. The summed E-state index contributed by atoms with van der Waals surface area (Å²) in [6, 6.07) is 10.1. The zero-order valence-electron chi connectivity index (χ0n) is 11.1. The summed E-state index contributed by atoms with van der Waals surface area (Å²) in [6.45, 7) is 2.21. The molecular formula is C15H19N3O. The second kappa shape index (κ2) is 5.13. The number of aromatic nitrogens is 2. The lowest BCUT2D eigenvalue weighted by atomic mass is 10.0. The lowest BCUT2D eigenvalue weighted by Crippen LogP contribution is -2.11. The van der Waals surface area contributed by atoms with Gasteiger partial charge in [0.25, 0.3) is 0 Å². The standard InChI is InChI=1S/C15H19N3O/c1-10-9-12(10)15-17-14(19-18-15)8-7-13(16)11-5-3-2-4-6-11/h2-6,10,12-13H,7-9,16H2,1H3. The predicted octanol–water partition coefficient (Wildman–Crippen LogP) is 2.83. The van der Waals surface area contributed by atoms with Gasteiger partial charge in [-0.1, -0.05) is 42.4 Å². The third-order valence-electron chi connectivity index (χ3n) is 3.82. The van der Waals surface area contributed by atoms with E-state index in [-0.39, 0.29) is 6.04 Å². The van der Waals surface area contributed by atoms with E-state index in [2.05, 4.69) is 29.2 Å². The predicted molar refractivity (Wildman–Crippen MR) is 72.5 cm³/mol. The summed E-state index contributed by atoms with van der Waals surface area (Å²) in [4.78, 5) is 4.45. The normalized spacial score (nSPS) is 23.3. The van der Waals surface area contributed by atoms with Crippen LogP contribution in [0.1, 0.15) is 49.0 Å². The van der Waals surface area contributed by atoms with Crippen molar-refractivity contribution in [1.29, 1.82) is 0 Å². The highest BCUT2D eigenvalue weighted by Gasteiger charge is 2.37. The Kier molecular flexibility index (Phi) is 3.34. The molecule has 1 heterocycles. The van der Waals surface area contributed by atoms with Crippen LogP contribution < -0.4 is 5.73 Å². The van der Waals surface area contributed by atoms with Crippen LogP contribution in [0, 0.1) is 5.92 Å². The molecule has 0 aliphatic heterocycles. The highest BCUT2D eigenvalue weighted by Crippen LogP contribution is 2.45. The molecule has 1 saturated carbocycles. The summed E-state index contributed by atoms with van der Waals surface area (Å²) in [7, 11) is 0. The first-order valence-corrected chi connectivity index (χ1v) is 6.87. The van der Waals surface area contributed by atoms with Gasteiger partial charge in [-0.05, 0) is 24.3 Å².